The van der Waals surface area contributed by atoms with Crippen LogP contribution < -0.4 is 0 Å². The molecule has 1 fully saturated rings. The molecule has 136 valence electrons. The molecule has 0 N–H and O–H groups in total. The summed E-state index contributed by atoms with van der Waals surface area (Å²) in [6.07, 6.45) is -0.823. The monoisotopic (exact) mass is 367 g/mol. The summed E-state index contributed by atoms with van der Waals surface area (Å²) < 4.78 is 10.4. The summed E-state index contributed by atoms with van der Waals surface area (Å²) >= 11 is 5.90. The second-order valence-corrected chi connectivity index (χ2v) is 7.24. The van der Waals surface area contributed by atoms with Gasteiger partial charge < -0.3 is 9.47 Å². The number of benzene rings is 1. The van der Waals surface area contributed by atoms with Gasteiger partial charge in [-0.15, -0.1) is 0 Å². The summed E-state index contributed by atoms with van der Waals surface area (Å²) in [6, 6.07) is 5.79. The van der Waals surface area contributed by atoms with Crippen LogP contribution in [0.25, 0.3) is 0 Å². The van der Waals surface area contributed by atoms with Crippen LogP contribution in [0.3, 0.4) is 0 Å². The van der Waals surface area contributed by atoms with Crippen molar-refractivity contribution in [3.63, 3.8) is 0 Å². The molecule has 0 spiro atoms. The first kappa shape index (κ1) is 19.2. The SMILES string of the molecule is CCOC(=O)[C@@H]1C(c2ccc(Cl)cc2)CC(=O)N1C(=O)OC(C)(C)C. The van der Waals surface area contributed by atoms with E-state index in [0.717, 1.165) is 10.5 Å². The average molecular weight is 368 g/mol. The lowest BCUT2D eigenvalue weighted by molar-refractivity contribution is -0.151. The van der Waals surface area contributed by atoms with Crippen molar-refractivity contribution in [2.24, 2.45) is 0 Å². The Labute approximate surface area is 152 Å². The Hall–Kier alpha value is -2.08. The van der Waals surface area contributed by atoms with Crippen LogP contribution in [0.5, 0.6) is 0 Å². The number of rotatable bonds is 3. The van der Waals surface area contributed by atoms with Crippen LogP contribution in [0.1, 0.15) is 45.6 Å². The van der Waals surface area contributed by atoms with Gasteiger partial charge in [0.05, 0.1) is 6.61 Å². The van der Waals surface area contributed by atoms with E-state index in [2.05, 4.69) is 0 Å². The van der Waals surface area contributed by atoms with Gasteiger partial charge in [0.15, 0.2) is 0 Å². The number of carbonyl (C=O) groups excluding carboxylic acids is 3. The van der Waals surface area contributed by atoms with Crippen molar-refractivity contribution in [2.45, 2.75) is 51.7 Å². The van der Waals surface area contributed by atoms with E-state index >= 15 is 0 Å². The van der Waals surface area contributed by atoms with E-state index in [1.54, 1.807) is 52.0 Å². The molecule has 1 aliphatic heterocycles. The fraction of sp³-hybridized carbons (Fsp3) is 0.500. The van der Waals surface area contributed by atoms with Crippen LogP contribution in [0, 0.1) is 0 Å². The minimum Gasteiger partial charge on any atom is -0.464 e. The van der Waals surface area contributed by atoms with E-state index in [0.29, 0.717) is 5.02 Å². The molecule has 1 aliphatic rings. The minimum atomic E-state index is -1.05. The Morgan fingerprint density at radius 1 is 1.24 bits per heavy atom. The third kappa shape index (κ3) is 4.51. The number of carbonyl (C=O) groups is 3. The highest BCUT2D eigenvalue weighted by Crippen LogP contribution is 2.36. The molecule has 0 radical (unpaired) electrons. The van der Waals surface area contributed by atoms with Crippen molar-refractivity contribution >= 4 is 29.6 Å². The van der Waals surface area contributed by atoms with Crippen LogP contribution >= 0.6 is 11.6 Å². The van der Waals surface area contributed by atoms with Gasteiger partial charge in [-0.2, -0.15) is 0 Å². The Bertz CT molecular complexity index is 665. The maximum atomic E-state index is 12.5. The van der Waals surface area contributed by atoms with Crippen LogP contribution in [0.4, 0.5) is 4.79 Å². The molecule has 0 aromatic heterocycles. The van der Waals surface area contributed by atoms with E-state index in [4.69, 9.17) is 21.1 Å². The standard InChI is InChI=1S/C18H22ClNO5/c1-5-24-16(22)15-13(11-6-8-12(19)9-7-11)10-14(21)20(15)17(23)25-18(2,3)4/h6-9,13,15H,5,10H2,1-4H3/t13?,15-/m0/s1. The highest BCUT2D eigenvalue weighted by molar-refractivity contribution is 6.30. The second-order valence-electron chi connectivity index (χ2n) is 6.80. The van der Waals surface area contributed by atoms with Crippen LogP contribution in [-0.4, -0.2) is 41.1 Å². The number of amides is 2. The lowest BCUT2D eigenvalue weighted by atomic mass is 9.91. The zero-order valence-corrected chi connectivity index (χ0v) is 15.5. The molecular formula is C18H22ClNO5. The van der Waals surface area contributed by atoms with Crippen LogP contribution in [0.2, 0.25) is 5.02 Å². The van der Waals surface area contributed by atoms with E-state index in [9.17, 15) is 14.4 Å². The summed E-state index contributed by atoms with van der Waals surface area (Å²) in [5.74, 6) is -1.59. The molecule has 2 rings (SSSR count). The Balaban J connectivity index is 2.37. The molecule has 0 saturated carbocycles. The van der Waals surface area contributed by atoms with Crippen molar-refractivity contribution in [3.05, 3.63) is 34.9 Å². The van der Waals surface area contributed by atoms with E-state index in [1.807, 2.05) is 0 Å². The summed E-state index contributed by atoms with van der Waals surface area (Å²) in [4.78, 5) is 38.3. The third-order valence-corrected chi connectivity index (χ3v) is 3.99. The molecule has 1 aromatic carbocycles. The van der Waals surface area contributed by atoms with Crippen molar-refractivity contribution < 1.29 is 23.9 Å². The fourth-order valence-corrected chi connectivity index (χ4v) is 2.89. The zero-order valence-electron chi connectivity index (χ0n) is 14.7. The molecule has 6 nitrogen and oxygen atoms in total. The Kier molecular flexibility index (Phi) is 5.72. The molecule has 25 heavy (non-hydrogen) atoms. The molecule has 2 amide bonds. The van der Waals surface area contributed by atoms with Gasteiger partial charge >= 0.3 is 12.1 Å². The van der Waals surface area contributed by atoms with Gasteiger partial charge in [-0.3, -0.25) is 4.79 Å². The maximum Gasteiger partial charge on any atom is 0.417 e. The number of hydrogen-bond acceptors (Lipinski definition) is 5. The van der Waals surface area contributed by atoms with Gasteiger partial charge in [0.25, 0.3) is 0 Å². The first-order valence-corrected chi connectivity index (χ1v) is 8.49. The van der Waals surface area contributed by atoms with Crippen molar-refractivity contribution in [1.82, 2.24) is 4.90 Å². The van der Waals surface area contributed by atoms with Gasteiger partial charge in [-0.1, -0.05) is 23.7 Å². The molecule has 7 heteroatoms. The lowest BCUT2D eigenvalue weighted by Gasteiger charge is -2.28. The fourth-order valence-electron chi connectivity index (χ4n) is 2.77. The Morgan fingerprint density at radius 2 is 1.84 bits per heavy atom. The molecule has 1 aromatic rings. The zero-order chi connectivity index (χ0) is 18.8. The molecule has 2 atom stereocenters. The topological polar surface area (TPSA) is 72.9 Å². The van der Waals surface area contributed by atoms with Gasteiger partial charge in [-0.25, -0.2) is 14.5 Å². The summed E-state index contributed by atoms with van der Waals surface area (Å²) in [5, 5.41) is 0.546. The molecule has 1 unspecified atom stereocenters. The van der Waals surface area contributed by atoms with Gasteiger partial charge in [0, 0.05) is 17.4 Å². The predicted molar refractivity (Wildman–Crippen MR) is 92.3 cm³/mol. The first-order valence-electron chi connectivity index (χ1n) is 8.11. The smallest absolute Gasteiger partial charge is 0.417 e. The highest BCUT2D eigenvalue weighted by Gasteiger charge is 2.50. The van der Waals surface area contributed by atoms with Crippen LogP contribution in [-0.2, 0) is 19.1 Å². The average Bonchev–Trinajstić information content (AvgIpc) is 2.84. The Morgan fingerprint density at radius 3 is 2.36 bits per heavy atom. The number of halogens is 1. The molecular weight excluding hydrogens is 346 g/mol. The third-order valence-electron chi connectivity index (χ3n) is 3.74. The van der Waals surface area contributed by atoms with E-state index in [-0.39, 0.29) is 13.0 Å². The molecule has 0 bridgehead atoms. The second kappa shape index (κ2) is 7.44. The van der Waals surface area contributed by atoms with E-state index in [1.165, 1.54) is 0 Å². The van der Waals surface area contributed by atoms with Crippen molar-refractivity contribution in [3.8, 4) is 0 Å². The maximum absolute atomic E-state index is 12.5. The number of esters is 1. The molecule has 1 saturated heterocycles. The number of likely N-dealkylation sites (tertiary alicyclic amines) is 1. The summed E-state index contributed by atoms with van der Waals surface area (Å²) in [7, 11) is 0. The predicted octanol–water partition coefficient (Wildman–Crippen LogP) is 3.52. The van der Waals surface area contributed by atoms with Gasteiger partial charge in [0.1, 0.15) is 11.6 Å². The quantitative estimate of drug-likeness (QED) is 0.764. The van der Waals surface area contributed by atoms with Crippen molar-refractivity contribution in [1.29, 1.82) is 0 Å². The molecule has 0 aliphatic carbocycles. The highest BCUT2D eigenvalue weighted by atomic mass is 35.5. The summed E-state index contributed by atoms with van der Waals surface area (Å²) in [5.41, 5.74) is -0.0450. The van der Waals surface area contributed by atoms with Crippen molar-refractivity contribution in [2.75, 3.05) is 6.61 Å². The number of nitrogens with zero attached hydrogens (tertiary/aromatic N) is 1. The van der Waals surface area contributed by atoms with Crippen LogP contribution in [0.15, 0.2) is 24.3 Å². The minimum absolute atomic E-state index is 0.0182. The molecule has 1 heterocycles. The number of ether oxygens (including phenoxy) is 2. The largest absolute Gasteiger partial charge is 0.464 e. The van der Waals surface area contributed by atoms with Gasteiger partial charge in [0.2, 0.25) is 5.91 Å². The lowest BCUT2D eigenvalue weighted by Crippen LogP contribution is -2.47. The first-order chi connectivity index (χ1) is 11.6. The van der Waals surface area contributed by atoms with Gasteiger partial charge in [-0.05, 0) is 45.4 Å². The number of imide groups is 1. The summed E-state index contributed by atoms with van der Waals surface area (Å²) in [6.45, 7) is 6.91. The normalized spacial score (nSPS) is 20.5. The van der Waals surface area contributed by atoms with E-state index < -0.39 is 35.5 Å². The number of hydrogen-bond donors (Lipinski definition) is 0.